The lowest BCUT2D eigenvalue weighted by Gasteiger charge is -2.18. The molecule has 2 aromatic rings. The minimum absolute atomic E-state index is 0.150. The van der Waals surface area contributed by atoms with Crippen molar-refractivity contribution in [2.24, 2.45) is 0 Å². The van der Waals surface area contributed by atoms with Gasteiger partial charge in [0.2, 0.25) is 10.0 Å². The summed E-state index contributed by atoms with van der Waals surface area (Å²) in [6.45, 7) is 7.33. The predicted octanol–water partition coefficient (Wildman–Crippen LogP) is 3.48. The van der Waals surface area contributed by atoms with Crippen molar-refractivity contribution in [3.8, 4) is 5.75 Å². The Morgan fingerprint density at radius 2 is 1.78 bits per heavy atom. The van der Waals surface area contributed by atoms with Gasteiger partial charge in [0.15, 0.2) is 6.10 Å². The van der Waals surface area contributed by atoms with Crippen LogP contribution >= 0.6 is 0 Å². The highest BCUT2D eigenvalue weighted by atomic mass is 32.2. The molecule has 7 heteroatoms. The fourth-order valence-corrected chi connectivity index (χ4v) is 3.74. The molecule has 1 atom stereocenters. The number of ether oxygens (including phenoxy) is 1. The van der Waals surface area contributed by atoms with E-state index in [2.05, 4.69) is 10.0 Å². The Bertz CT molecular complexity index is 877. The number of aryl methyl sites for hydroxylation is 1. The van der Waals surface area contributed by atoms with Crippen LogP contribution in [0.2, 0.25) is 0 Å². The molecule has 0 bridgehead atoms. The third-order valence-corrected chi connectivity index (χ3v) is 5.43. The molecule has 146 valence electrons. The minimum Gasteiger partial charge on any atom is -0.481 e. The van der Waals surface area contributed by atoms with Crippen LogP contribution < -0.4 is 14.8 Å². The molecule has 0 fully saturated rings. The van der Waals surface area contributed by atoms with Crippen LogP contribution in [0.3, 0.4) is 0 Å². The molecule has 0 aliphatic heterocycles. The summed E-state index contributed by atoms with van der Waals surface area (Å²) >= 11 is 0. The Balaban J connectivity index is 2.05. The van der Waals surface area contributed by atoms with E-state index in [9.17, 15) is 13.2 Å². The van der Waals surface area contributed by atoms with Gasteiger partial charge in [-0.05, 0) is 69.2 Å². The van der Waals surface area contributed by atoms with Gasteiger partial charge in [0.1, 0.15) is 5.75 Å². The van der Waals surface area contributed by atoms with Crippen molar-refractivity contribution in [2.75, 3.05) is 5.32 Å². The van der Waals surface area contributed by atoms with Crippen LogP contribution in [-0.2, 0) is 14.8 Å². The number of sulfonamides is 1. The SMILES string of the molecule is CCC(Oc1cccc(C)c1)C(=O)Nc1ccc(S(=O)(=O)NC(C)C)cc1. The molecule has 1 amide bonds. The molecule has 0 radical (unpaired) electrons. The first-order valence-corrected chi connectivity index (χ1v) is 10.4. The summed E-state index contributed by atoms with van der Waals surface area (Å²) in [5.41, 5.74) is 1.56. The lowest BCUT2D eigenvalue weighted by molar-refractivity contribution is -0.122. The first-order valence-electron chi connectivity index (χ1n) is 8.88. The fraction of sp³-hybridized carbons (Fsp3) is 0.350. The van der Waals surface area contributed by atoms with Gasteiger partial charge in [0, 0.05) is 11.7 Å². The second-order valence-corrected chi connectivity index (χ2v) is 8.33. The van der Waals surface area contributed by atoms with Crippen molar-refractivity contribution in [1.29, 1.82) is 0 Å². The van der Waals surface area contributed by atoms with Crippen molar-refractivity contribution in [2.45, 2.75) is 51.2 Å². The number of amides is 1. The predicted molar refractivity (Wildman–Crippen MR) is 106 cm³/mol. The molecule has 0 spiro atoms. The quantitative estimate of drug-likeness (QED) is 0.723. The van der Waals surface area contributed by atoms with E-state index in [0.717, 1.165) is 5.56 Å². The van der Waals surface area contributed by atoms with Crippen LogP contribution in [-0.4, -0.2) is 26.5 Å². The number of rotatable bonds is 8. The lowest BCUT2D eigenvalue weighted by Crippen LogP contribution is -2.32. The average Bonchev–Trinajstić information content (AvgIpc) is 2.59. The highest BCUT2D eigenvalue weighted by Gasteiger charge is 2.19. The highest BCUT2D eigenvalue weighted by Crippen LogP contribution is 2.18. The molecule has 27 heavy (non-hydrogen) atoms. The maximum atomic E-state index is 12.5. The molecule has 2 aromatic carbocycles. The number of hydrogen-bond donors (Lipinski definition) is 2. The number of anilines is 1. The Hall–Kier alpha value is -2.38. The summed E-state index contributed by atoms with van der Waals surface area (Å²) in [6.07, 6.45) is -0.136. The van der Waals surface area contributed by atoms with E-state index in [0.29, 0.717) is 17.9 Å². The van der Waals surface area contributed by atoms with Gasteiger partial charge in [-0.25, -0.2) is 13.1 Å². The molecule has 1 unspecified atom stereocenters. The normalized spacial score (nSPS) is 12.6. The highest BCUT2D eigenvalue weighted by molar-refractivity contribution is 7.89. The standard InChI is InChI=1S/C20H26N2O4S/c1-5-19(26-17-8-6-7-15(4)13-17)20(23)21-16-9-11-18(12-10-16)27(24,25)22-14(2)3/h6-14,19,22H,5H2,1-4H3,(H,21,23). The van der Waals surface area contributed by atoms with Gasteiger partial charge in [-0.15, -0.1) is 0 Å². The topological polar surface area (TPSA) is 84.5 Å². The van der Waals surface area contributed by atoms with Crippen molar-refractivity contribution < 1.29 is 17.9 Å². The first-order chi connectivity index (χ1) is 12.7. The Kier molecular flexibility index (Phi) is 6.98. The summed E-state index contributed by atoms with van der Waals surface area (Å²) in [4.78, 5) is 12.6. The number of hydrogen-bond acceptors (Lipinski definition) is 4. The molecule has 0 aliphatic carbocycles. The number of carbonyl (C=O) groups is 1. The van der Waals surface area contributed by atoms with Crippen LogP contribution in [0.15, 0.2) is 53.4 Å². The van der Waals surface area contributed by atoms with Crippen LogP contribution in [0.25, 0.3) is 0 Å². The molecule has 2 rings (SSSR count). The first kappa shape index (κ1) is 20.9. The van der Waals surface area contributed by atoms with Gasteiger partial charge < -0.3 is 10.1 Å². The van der Waals surface area contributed by atoms with E-state index in [1.807, 2.05) is 38.1 Å². The zero-order valence-corrected chi connectivity index (χ0v) is 16.8. The molecule has 0 saturated carbocycles. The zero-order chi connectivity index (χ0) is 20.0. The van der Waals surface area contributed by atoms with E-state index < -0.39 is 16.1 Å². The van der Waals surface area contributed by atoms with E-state index >= 15 is 0 Å². The number of benzene rings is 2. The summed E-state index contributed by atoms with van der Waals surface area (Å²) in [7, 11) is -3.56. The van der Waals surface area contributed by atoms with E-state index in [-0.39, 0.29) is 16.8 Å². The molecule has 0 saturated heterocycles. The van der Waals surface area contributed by atoms with E-state index in [4.69, 9.17) is 4.74 Å². The van der Waals surface area contributed by atoms with Gasteiger partial charge in [-0.2, -0.15) is 0 Å². The van der Waals surface area contributed by atoms with Crippen molar-refractivity contribution in [3.63, 3.8) is 0 Å². The molecule has 0 aliphatic rings. The lowest BCUT2D eigenvalue weighted by atomic mass is 10.2. The monoisotopic (exact) mass is 390 g/mol. The second-order valence-electron chi connectivity index (χ2n) is 6.62. The molecule has 2 N–H and O–H groups in total. The van der Waals surface area contributed by atoms with Gasteiger partial charge in [-0.1, -0.05) is 19.1 Å². The Labute approximate surface area is 161 Å². The summed E-state index contributed by atoms with van der Waals surface area (Å²) in [5, 5.41) is 2.77. The maximum absolute atomic E-state index is 12.5. The molecular formula is C20H26N2O4S. The van der Waals surface area contributed by atoms with Crippen molar-refractivity contribution in [1.82, 2.24) is 4.72 Å². The summed E-state index contributed by atoms with van der Waals surface area (Å²) in [6, 6.07) is 13.4. The Morgan fingerprint density at radius 1 is 1.11 bits per heavy atom. The molecule has 0 aromatic heterocycles. The van der Waals surface area contributed by atoms with Gasteiger partial charge in [-0.3, -0.25) is 4.79 Å². The van der Waals surface area contributed by atoms with Gasteiger partial charge in [0.05, 0.1) is 4.90 Å². The maximum Gasteiger partial charge on any atom is 0.265 e. The van der Waals surface area contributed by atoms with Crippen LogP contribution in [0, 0.1) is 6.92 Å². The van der Waals surface area contributed by atoms with Crippen LogP contribution in [0.1, 0.15) is 32.8 Å². The molecular weight excluding hydrogens is 364 g/mol. The summed E-state index contributed by atoms with van der Waals surface area (Å²) < 4.78 is 32.6. The third kappa shape index (κ3) is 6.08. The Morgan fingerprint density at radius 3 is 2.33 bits per heavy atom. The summed E-state index contributed by atoms with van der Waals surface area (Å²) in [5.74, 6) is 0.355. The largest absolute Gasteiger partial charge is 0.481 e. The molecule has 6 nitrogen and oxygen atoms in total. The van der Waals surface area contributed by atoms with Gasteiger partial charge in [0.25, 0.3) is 5.91 Å². The fourth-order valence-electron chi connectivity index (χ4n) is 2.49. The van der Waals surface area contributed by atoms with E-state index in [1.54, 1.807) is 26.0 Å². The van der Waals surface area contributed by atoms with Crippen molar-refractivity contribution in [3.05, 3.63) is 54.1 Å². The van der Waals surface area contributed by atoms with Crippen LogP contribution in [0.5, 0.6) is 5.75 Å². The van der Waals surface area contributed by atoms with Crippen LogP contribution in [0.4, 0.5) is 5.69 Å². The van der Waals surface area contributed by atoms with Gasteiger partial charge >= 0.3 is 0 Å². The third-order valence-electron chi connectivity index (χ3n) is 3.75. The molecule has 0 heterocycles. The number of carbonyl (C=O) groups excluding carboxylic acids is 1. The average molecular weight is 391 g/mol. The zero-order valence-electron chi connectivity index (χ0n) is 16.0. The minimum atomic E-state index is -3.56. The smallest absolute Gasteiger partial charge is 0.265 e. The second kappa shape index (κ2) is 9.01. The number of nitrogens with one attached hydrogen (secondary N) is 2. The van der Waals surface area contributed by atoms with E-state index in [1.165, 1.54) is 12.1 Å². The van der Waals surface area contributed by atoms with Crippen molar-refractivity contribution >= 4 is 21.6 Å².